The lowest BCUT2D eigenvalue weighted by Crippen LogP contribution is -2.47. The zero-order valence-corrected chi connectivity index (χ0v) is 12.7. The van der Waals surface area contributed by atoms with Crippen molar-refractivity contribution in [1.29, 1.82) is 0 Å². The summed E-state index contributed by atoms with van der Waals surface area (Å²) in [5.41, 5.74) is 0. The summed E-state index contributed by atoms with van der Waals surface area (Å²) in [5.74, 6) is 1.20. The molecular weight excluding hydrogens is 248 g/mol. The van der Waals surface area contributed by atoms with Crippen molar-refractivity contribution in [3.8, 4) is 0 Å². The minimum atomic E-state index is 0.610. The van der Waals surface area contributed by atoms with Crippen molar-refractivity contribution in [3.63, 3.8) is 0 Å². The molecule has 1 atom stereocenters. The topological polar surface area (TPSA) is 33.1 Å². The molecule has 0 aromatic carbocycles. The van der Waals surface area contributed by atoms with Gasteiger partial charge in [-0.05, 0) is 39.2 Å². The van der Waals surface area contributed by atoms with E-state index in [2.05, 4.69) is 27.9 Å². The van der Waals surface area contributed by atoms with E-state index in [4.69, 9.17) is 4.98 Å². The Kier molecular flexibility index (Phi) is 4.61. The molecule has 1 N–H and O–H groups in total. The zero-order chi connectivity index (χ0) is 13.8. The van der Waals surface area contributed by atoms with Crippen LogP contribution in [0.4, 0.5) is 5.95 Å². The Hall–Kier alpha value is -1.03. The maximum atomic E-state index is 4.70. The molecule has 3 rings (SSSR count). The normalized spacial score (nSPS) is 24.8. The van der Waals surface area contributed by atoms with Crippen molar-refractivity contribution in [3.05, 3.63) is 12.4 Å². The smallest absolute Gasteiger partial charge is 0.205 e. The molecule has 1 aromatic heterocycles. The SMILES string of the molecule is CCN(c1nccn1C1CCCCC1)C1CCCNC1. The van der Waals surface area contributed by atoms with E-state index in [1.54, 1.807) is 0 Å². The molecule has 0 bridgehead atoms. The van der Waals surface area contributed by atoms with Crippen molar-refractivity contribution in [2.24, 2.45) is 0 Å². The van der Waals surface area contributed by atoms with E-state index in [1.807, 2.05) is 6.20 Å². The van der Waals surface area contributed by atoms with Gasteiger partial charge in [0.2, 0.25) is 5.95 Å². The highest BCUT2D eigenvalue weighted by Gasteiger charge is 2.25. The van der Waals surface area contributed by atoms with Gasteiger partial charge in [-0.3, -0.25) is 0 Å². The van der Waals surface area contributed by atoms with Gasteiger partial charge in [-0.1, -0.05) is 19.3 Å². The highest BCUT2D eigenvalue weighted by atomic mass is 15.3. The fourth-order valence-corrected chi connectivity index (χ4v) is 3.83. The van der Waals surface area contributed by atoms with Gasteiger partial charge in [0, 0.05) is 37.6 Å². The highest BCUT2D eigenvalue weighted by molar-refractivity contribution is 5.34. The molecule has 20 heavy (non-hydrogen) atoms. The molecule has 2 heterocycles. The Balaban J connectivity index is 1.78. The standard InChI is InChI=1S/C16H28N4/c1-2-19(15-9-6-10-17-13-15)16-18-11-12-20(16)14-7-4-3-5-8-14/h11-12,14-15,17H,2-10,13H2,1H3. The van der Waals surface area contributed by atoms with Crippen LogP contribution >= 0.6 is 0 Å². The molecule has 1 saturated heterocycles. The molecule has 1 aliphatic carbocycles. The second-order valence-corrected chi connectivity index (χ2v) is 6.21. The summed E-state index contributed by atoms with van der Waals surface area (Å²) in [6.07, 6.45) is 13.6. The first-order valence-corrected chi connectivity index (χ1v) is 8.40. The summed E-state index contributed by atoms with van der Waals surface area (Å²) >= 11 is 0. The third kappa shape index (κ3) is 2.85. The Bertz CT molecular complexity index is 402. The average Bonchev–Trinajstić information content (AvgIpc) is 2.99. The van der Waals surface area contributed by atoms with Crippen molar-refractivity contribution in [2.75, 3.05) is 24.5 Å². The number of hydrogen-bond acceptors (Lipinski definition) is 3. The van der Waals surface area contributed by atoms with E-state index < -0.39 is 0 Å². The second-order valence-electron chi connectivity index (χ2n) is 6.21. The molecule has 4 heteroatoms. The van der Waals surface area contributed by atoms with Crippen LogP contribution in [0, 0.1) is 0 Å². The molecule has 0 spiro atoms. The van der Waals surface area contributed by atoms with Crippen LogP contribution in [0.2, 0.25) is 0 Å². The number of nitrogens with zero attached hydrogens (tertiary/aromatic N) is 3. The number of rotatable bonds is 4. The van der Waals surface area contributed by atoms with E-state index in [-0.39, 0.29) is 0 Å². The summed E-state index contributed by atoms with van der Waals surface area (Å²) in [6.45, 7) is 5.58. The number of nitrogens with one attached hydrogen (secondary N) is 1. The van der Waals surface area contributed by atoms with Crippen LogP contribution in [-0.4, -0.2) is 35.2 Å². The minimum Gasteiger partial charge on any atom is -0.338 e. The molecule has 2 aliphatic rings. The minimum absolute atomic E-state index is 0.610. The number of likely N-dealkylation sites (N-methyl/N-ethyl adjacent to an activating group) is 1. The zero-order valence-electron chi connectivity index (χ0n) is 12.7. The van der Waals surface area contributed by atoms with E-state index in [0.717, 1.165) is 13.1 Å². The Morgan fingerprint density at radius 1 is 1.25 bits per heavy atom. The molecule has 1 saturated carbocycles. The number of hydrogen-bond donors (Lipinski definition) is 1. The maximum Gasteiger partial charge on any atom is 0.205 e. The summed E-state index contributed by atoms with van der Waals surface area (Å²) in [6, 6.07) is 1.28. The van der Waals surface area contributed by atoms with Crippen LogP contribution in [0.5, 0.6) is 0 Å². The van der Waals surface area contributed by atoms with Gasteiger partial charge in [0.25, 0.3) is 0 Å². The van der Waals surface area contributed by atoms with Gasteiger partial charge in [-0.25, -0.2) is 4.98 Å². The molecule has 112 valence electrons. The third-order valence-corrected chi connectivity index (χ3v) is 4.93. The van der Waals surface area contributed by atoms with E-state index in [9.17, 15) is 0 Å². The molecule has 0 radical (unpaired) electrons. The van der Waals surface area contributed by atoms with Gasteiger partial charge in [-0.15, -0.1) is 0 Å². The van der Waals surface area contributed by atoms with Crippen LogP contribution in [-0.2, 0) is 0 Å². The van der Waals surface area contributed by atoms with Crippen LogP contribution in [0.3, 0.4) is 0 Å². The second kappa shape index (κ2) is 6.61. The summed E-state index contributed by atoms with van der Waals surface area (Å²) in [4.78, 5) is 7.21. The van der Waals surface area contributed by atoms with Crippen LogP contribution in [0.15, 0.2) is 12.4 Å². The Morgan fingerprint density at radius 3 is 2.80 bits per heavy atom. The van der Waals surface area contributed by atoms with Gasteiger partial charge in [0.1, 0.15) is 0 Å². The van der Waals surface area contributed by atoms with Crippen molar-refractivity contribution >= 4 is 5.95 Å². The number of anilines is 1. The Labute approximate surface area is 122 Å². The fourth-order valence-electron chi connectivity index (χ4n) is 3.83. The monoisotopic (exact) mass is 276 g/mol. The first kappa shape index (κ1) is 13.9. The van der Waals surface area contributed by atoms with Crippen molar-refractivity contribution in [2.45, 2.75) is 64.0 Å². The highest BCUT2D eigenvalue weighted by Crippen LogP contribution is 2.32. The van der Waals surface area contributed by atoms with Gasteiger partial charge in [-0.2, -0.15) is 0 Å². The van der Waals surface area contributed by atoms with E-state index >= 15 is 0 Å². The predicted molar refractivity (Wildman–Crippen MR) is 83.3 cm³/mol. The molecule has 1 aromatic rings. The number of piperidine rings is 1. The lowest BCUT2D eigenvalue weighted by Gasteiger charge is -2.36. The van der Waals surface area contributed by atoms with Gasteiger partial charge < -0.3 is 14.8 Å². The largest absolute Gasteiger partial charge is 0.338 e. The van der Waals surface area contributed by atoms with Crippen molar-refractivity contribution < 1.29 is 0 Å². The van der Waals surface area contributed by atoms with Crippen LogP contribution in [0.25, 0.3) is 0 Å². The molecule has 1 aliphatic heterocycles. The lowest BCUT2D eigenvalue weighted by molar-refractivity contribution is 0.347. The first-order valence-electron chi connectivity index (χ1n) is 8.40. The summed E-state index contributed by atoms with van der Waals surface area (Å²) in [5, 5.41) is 3.53. The van der Waals surface area contributed by atoms with Gasteiger partial charge in [0.05, 0.1) is 0 Å². The molecule has 2 fully saturated rings. The average molecular weight is 276 g/mol. The van der Waals surface area contributed by atoms with Crippen LogP contribution < -0.4 is 10.2 Å². The van der Waals surface area contributed by atoms with Crippen molar-refractivity contribution in [1.82, 2.24) is 14.9 Å². The third-order valence-electron chi connectivity index (χ3n) is 4.93. The molecule has 0 amide bonds. The first-order chi connectivity index (χ1) is 9.90. The number of imidazole rings is 1. The molecular formula is C16H28N4. The van der Waals surface area contributed by atoms with Gasteiger partial charge in [0.15, 0.2) is 0 Å². The fraction of sp³-hybridized carbons (Fsp3) is 0.812. The van der Waals surface area contributed by atoms with Gasteiger partial charge >= 0.3 is 0 Å². The quantitative estimate of drug-likeness (QED) is 0.918. The lowest BCUT2D eigenvalue weighted by atomic mass is 9.95. The summed E-state index contributed by atoms with van der Waals surface area (Å²) < 4.78 is 2.46. The van der Waals surface area contributed by atoms with Crippen LogP contribution in [0.1, 0.15) is 57.9 Å². The summed E-state index contributed by atoms with van der Waals surface area (Å²) in [7, 11) is 0. The number of aromatic nitrogens is 2. The van der Waals surface area contributed by atoms with E-state index in [0.29, 0.717) is 12.1 Å². The molecule has 4 nitrogen and oxygen atoms in total. The Morgan fingerprint density at radius 2 is 2.10 bits per heavy atom. The maximum absolute atomic E-state index is 4.70. The predicted octanol–water partition coefficient (Wildman–Crippen LogP) is 2.97. The molecule has 1 unspecified atom stereocenters. The van der Waals surface area contributed by atoms with E-state index in [1.165, 1.54) is 57.4 Å².